The highest BCUT2D eigenvalue weighted by Gasteiger charge is 2.58. The average Bonchev–Trinajstić information content (AvgIpc) is 3.22. The molecule has 1 nitrogen and oxygen atoms in total. The highest BCUT2D eigenvalue weighted by atomic mass is 16.3. The third kappa shape index (κ3) is 10.7. The van der Waals surface area contributed by atoms with E-state index in [-0.39, 0.29) is 5.41 Å². The van der Waals surface area contributed by atoms with Crippen LogP contribution in [0, 0.1) is 17.3 Å². The van der Waals surface area contributed by atoms with Crippen molar-refractivity contribution in [2.24, 2.45) is 17.3 Å². The summed E-state index contributed by atoms with van der Waals surface area (Å²) in [6.07, 6.45) is 21.2. The first-order valence-electron chi connectivity index (χ1n) is 12.5. The summed E-state index contributed by atoms with van der Waals surface area (Å²) >= 11 is 0. The van der Waals surface area contributed by atoms with Crippen LogP contribution in [0.15, 0.2) is 58.2 Å². The molecule has 0 heterocycles. The molecule has 1 fully saturated rings. The molecule has 0 spiro atoms. The summed E-state index contributed by atoms with van der Waals surface area (Å²) in [7, 11) is 0. The molecule has 0 saturated heterocycles. The molecule has 0 aromatic rings. The molecular formula is C30H50O. The smallest absolute Gasteiger partial charge is 0.0470 e. The van der Waals surface area contributed by atoms with Gasteiger partial charge in [0.15, 0.2) is 0 Å². The molecule has 1 N–H and O–H groups in total. The predicted octanol–water partition coefficient (Wildman–Crippen LogP) is 9.12. The molecular weight excluding hydrogens is 376 g/mol. The van der Waals surface area contributed by atoms with Gasteiger partial charge in [-0.3, -0.25) is 0 Å². The van der Waals surface area contributed by atoms with Gasteiger partial charge in [-0.1, -0.05) is 65.2 Å². The standard InChI is InChI=1S/C30H50O/c1-23(2)13-9-15-25(5)17-11-18-27(7)21-28-29(22-31)30(28,8)20-12-19-26(6)16-10-14-24(3)4/h13-14,17,19,21,28-29,31H,9-12,15-16,18,20,22H2,1-8H3/t28-,29-,30+/m0/s1. The molecule has 0 bridgehead atoms. The van der Waals surface area contributed by atoms with Crippen molar-refractivity contribution in [3.63, 3.8) is 0 Å². The molecule has 31 heavy (non-hydrogen) atoms. The van der Waals surface area contributed by atoms with Crippen LogP contribution in [-0.4, -0.2) is 11.7 Å². The van der Waals surface area contributed by atoms with Gasteiger partial charge in [-0.2, -0.15) is 0 Å². The second kappa shape index (κ2) is 13.9. The summed E-state index contributed by atoms with van der Waals surface area (Å²) < 4.78 is 0. The van der Waals surface area contributed by atoms with Gasteiger partial charge < -0.3 is 5.11 Å². The lowest BCUT2D eigenvalue weighted by Gasteiger charge is -2.10. The van der Waals surface area contributed by atoms with Gasteiger partial charge in [0.2, 0.25) is 0 Å². The first-order chi connectivity index (χ1) is 14.6. The summed E-state index contributed by atoms with van der Waals surface area (Å²) in [6, 6.07) is 0. The number of hydrogen-bond acceptors (Lipinski definition) is 1. The zero-order chi connectivity index (χ0) is 23.4. The van der Waals surface area contributed by atoms with Crippen molar-refractivity contribution in [3.05, 3.63) is 58.2 Å². The van der Waals surface area contributed by atoms with Crippen LogP contribution >= 0.6 is 0 Å². The van der Waals surface area contributed by atoms with Crippen LogP contribution in [0.4, 0.5) is 0 Å². The van der Waals surface area contributed by atoms with Crippen LogP contribution in [0.5, 0.6) is 0 Å². The zero-order valence-corrected chi connectivity index (χ0v) is 21.9. The SMILES string of the molecule is CC(C)=CCCC(C)=CCCC(C)=C[C@H]1[C@H](CO)[C@]1(C)CCC=C(C)CCC=C(C)C. The van der Waals surface area contributed by atoms with E-state index in [2.05, 4.69) is 85.8 Å². The van der Waals surface area contributed by atoms with Crippen molar-refractivity contribution >= 4 is 0 Å². The van der Waals surface area contributed by atoms with Crippen molar-refractivity contribution in [1.82, 2.24) is 0 Å². The van der Waals surface area contributed by atoms with E-state index < -0.39 is 0 Å². The summed E-state index contributed by atoms with van der Waals surface area (Å²) in [5.74, 6) is 0.975. The lowest BCUT2D eigenvalue weighted by atomic mass is 9.95. The van der Waals surface area contributed by atoms with Gasteiger partial charge in [0.25, 0.3) is 0 Å². The Kier molecular flexibility index (Phi) is 12.5. The van der Waals surface area contributed by atoms with Gasteiger partial charge in [0.05, 0.1) is 0 Å². The molecule has 1 heteroatoms. The zero-order valence-electron chi connectivity index (χ0n) is 21.9. The van der Waals surface area contributed by atoms with Crippen LogP contribution in [0.2, 0.25) is 0 Å². The van der Waals surface area contributed by atoms with Gasteiger partial charge in [0.1, 0.15) is 0 Å². The Morgan fingerprint density at radius 3 is 1.61 bits per heavy atom. The van der Waals surface area contributed by atoms with E-state index in [4.69, 9.17) is 0 Å². The third-order valence-electron chi connectivity index (χ3n) is 6.98. The first-order valence-corrected chi connectivity index (χ1v) is 12.5. The Morgan fingerprint density at radius 2 is 1.13 bits per heavy atom. The van der Waals surface area contributed by atoms with Crippen LogP contribution < -0.4 is 0 Å². The fourth-order valence-electron chi connectivity index (χ4n) is 4.63. The maximum Gasteiger partial charge on any atom is 0.0470 e. The summed E-state index contributed by atoms with van der Waals surface area (Å²) in [6.45, 7) is 18.2. The van der Waals surface area contributed by atoms with Crippen molar-refractivity contribution in [2.75, 3.05) is 6.61 Å². The highest BCUT2D eigenvalue weighted by molar-refractivity contribution is 5.20. The molecule has 0 unspecified atom stereocenters. The summed E-state index contributed by atoms with van der Waals surface area (Å²) in [4.78, 5) is 0. The fourth-order valence-corrected chi connectivity index (χ4v) is 4.63. The normalized spacial score (nSPS) is 24.2. The number of aliphatic hydroxyl groups excluding tert-OH is 1. The summed E-state index contributed by atoms with van der Waals surface area (Å²) in [5.41, 5.74) is 7.56. The van der Waals surface area contributed by atoms with E-state index in [1.54, 1.807) is 0 Å². The Balaban J connectivity index is 2.49. The van der Waals surface area contributed by atoms with Crippen molar-refractivity contribution in [2.45, 2.75) is 107 Å². The van der Waals surface area contributed by atoms with Crippen molar-refractivity contribution in [1.29, 1.82) is 0 Å². The van der Waals surface area contributed by atoms with Crippen LogP contribution in [0.1, 0.15) is 107 Å². The lowest BCUT2D eigenvalue weighted by molar-refractivity contribution is 0.249. The maximum absolute atomic E-state index is 9.91. The van der Waals surface area contributed by atoms with E-state index in [0.29, 0.717) is 18.4 Å². The largest absolute Gasteiger partial charge is 0.396 e. The first kappa shape index (κ1) is 27.7. The molecule has 1 aliphatic rings. The van der Waals surface area contributed by atoms with Crippen LogP contribution in [-0.2, 0) is 0 Å². The Bertz CT molecular complexity index is 692. The fraction of sp³-hybridized carbons (Fsp3) is 0.667. The molecule has 0 amide bonds. The molecule has 0 radical (unpaired) electrons. The average molecular weight is 427 g/mol. The number of hydrogen-bond donors (Lipinski definition) is 1. The van der Waals surface area contributed by atoms with Gasteiger partial charge in [-0.15, -0.1) is 0 Å². The molecule has 0 aliphatic heterocycles. The highest BCUT2D eigenvalue weighted by Crippen LogP contribution is 2.62. The minimum atomic E-state index is 0.267. The van der Waals surface area contributed by atoms with Gasteiger partial charge >= 0.3 is 0 Å². The van der Waals surface area contributed by atoms with E-state index in [0.717, 1.165) is 38.5 Å². The Morgan fingerprint density at radius 1 is 0.677 bits per heavy atom. The number of allylic oxidation sites excluding steroid dienone is 10. The molecule has 1 aliphatic carbocycles. The minimum absolute atomic E-state index is 0.267. The van der Waals surface area contributed by atoms with Crippen molar-refractivity contribution in [3.8, 4) is 0 Å². The topological polar surface area (TPSA) is 20.2 Å². The molecule has 1 rings (SSSR count). The van der Waals surface area contributed by atoms with E-state index in [1.807, 2.05) is 0 Å². The van der Waals surface area contributed by atoms with E-state index in [9.17, 15) is 5.11 Å². The molecule has 1 saturated carbocycles. The quantitative estimate of drug-likeness (QED) is 0.274. The maximum atomic E-state index is 9.91. The van der Waals surface area contributed by atoms with Crippen LogP contribution in [0.3, 0.4) is 0 Å². The Labute approximate surface area is 194 Å². The monoisotopic (exact) mass is 426 g/mol. The third-order valence-corrected chi connectivity index (χ3v) is 6.98. The Hall–Kier alpha value is -1.34. The van der Waals surface area contributed by atoms with Gasteiger partial charge in [-0.25, -0.2) is 0 Å². The molecule has 0 aromatic carbocycles. The van der Waals surface area contributed by atoms with Crippen LogP contribution in [0.25, 0.3) is 0 Å². The number of rotatable bonds is 14. The predicted molar refractivity (Wildman–Crippen MR) is 139 cm³/mol. The number of aliphatic hydroxyl groups is 1. The second-order valence-corrected chi connectivity index (χ2v) is 10.7. The van der Waals surface area contributed by atoms with E-state index >= 15 is 0 Å². The van der Waals surface area contributed by atoms with Gasteiger partial charge in [0, 0.05) is 6.61 Å². The van der Waals surface area contributed by atoms with Gasteiger partial charge in [-0.05, 0) is 117 Å². The second-order valence-electron chi connectivity index (χ2n) is 10.7. The van der Waals surface area contributed by atoms with E-state index in [1.165, 1.54) is 40.7 Å². The molecule has 0 aromatic heterocycles. The molecule has 3 atom stereocenters. The minimum Gasteiger partial charge on any atom is -0.396 e. The lowest BCUT2D eigenvalue weighted by Crippen LogP contribution is -2.01. The summed E-state index contributed by atoms with van der Waals surface area (Å²) in [5, 5.41) is 9.91. The molecule has 176 valence electrons. The van der Waals surface area contributed by atoms with Crippen molar-refractivity contribution < 1.29 is 5.11 Å².